The lowest BCUT2D eigenvalue weighted by Gasteiger charge is -2.24. The highest BCUT2D eigenvalue weighted by atomic mass is 19.1. The van der Waals surface area contributed by atoms with Crippen molar-refractivity contribution in [2.45, 2.75) is 44.7 Å². The molecule has 2 aliphatic rings. The Morgan fingerprint density at radius 2 is 1.97 bits per heavy atom. The summed E-state index contributed by atoms with van der Waals surface area (Å²) < 4.78 is 14.0. The second-order valence-electron chi connectivity index (χ2n) is 9.87. The van der Waals surface area contributed by atoms with E-state index in [2.05, 4.69) is 33.1 Å². The molecule has 0 saturated carbocycles. The van der Waals surface area contributed by atoms with Gasteiger partial charge in [0.05, 0.1) is 11.8 Å². The van der Waals surface area contributed by atoms with Crippen LogP contribution in [0.4, 0.5) is 10.1 Å². The van der Waals surface area contributed by atoms with E-state index in [0.29, 0.717) is 38.9 Å². The summed E-state index contributed by atoms with van der Waals surface area (Å²) in [5, 5.41) is 12.2. The standard InChI is InChI=1S/C28H36FN5O3/c1-3-34(12-10-30-17-35)13-11-31-27(36)22-14-18(2)32-25(22)16-23-26-21(19-6-4-7-20(29)15-19)8-5-9-24(26)33-28(23)37/h4-9,15,17-18,22-23,25,32H,3,10-14,16H2,1-2H3,(H,30,35)(H,31,36)(H,33,37). The van der Waals surface area contributed by atoms with E-state index < -0.39 is 5.92 Å². The van der Waals surface area contributed by atoms with Crippen molar-refractivity contribution < 1.29 is 18.8 Å². The zero-order valence-electron chi connectivity index (χ0n) is 21.4. The Labute approximate surface area is 217 Å². The maximum absolute atomic E-state index is 14.0. The minimum absolute atomic E-state index is 0.0130. The monoisotopic (exact) mass is 509 g/mol. The minimum Gasteiger partial charge on any atom is -0.357 e. The highest BCUT2D eigenvalue weighted by Gasteiger charge is 2.42. The third-order valence-corrected chi connectivity index (χ3v) is 7.41. The van der Waals surface area contributed by atoms with E-state index in [9.17, 15) is 18.8 Å². The summed E-state index contributed by atoms with van der Waals surface area (Å²) in [4.78, 5) is 38.9. The molecule has 37 heavy (non-hydrogen) atoms. The van der Waals surface area contributed by atoms with Crippen molar-refractivity contribution in [2.75, 3.05) is 38.0 Å². The number of anilines is 1. The van der Waals surface area contributed by atoms with Gasteiger partial charge in [0.15, 0.2) is 0 Å². The molecule has 8 nitrogen and oxygen atoms in total. The van der Waals surface area contributed by atoms with Crippen LogP contribution in [0.1, 0.15) is 38.2 Å². The maximum Gasteiger partial charge on any atom is 0.232 e. The fourth-order valence-electron chi connectivity index (χ4n) is 5.58. The molecule has 0 spiro atoms. The van der Waals surface area contributed by atoms with Gasteiger partial charge in [-0.25, -0.2) is 4.39 Å². The average Bonchev–Trinajstić information content (AvgIpc) is 3.41. The Morgan fingerprint density at radius 1 is 1.19 bits per heavy atom. The lowest BCUT2D eigenvalue weighted by Crippen LogP contribution is -2.43. The Kier molecular flexibility index (Phi) is 8.89. The molecule has 0 aromatic heterocycles. The Bertz CT molecular complexity index is 1130. The SMILES string of the molecule is CCN(CCNC=O)CCNC(=O)C1CC(C)NC1CC1C(=O)Nc2cccc(-c3cccc(F)c3)c21. The largest absolute Gasteiger partial charge is 0.357 e. The zero-order valence-corrected chi connectivity index (χ0v) is 21.4. The Hall–Kier alpha value is -3.30. The van der Waals surface area contributed by atoms with Gasteiger partial charge in [0.2, 0.25) is 18.2 Å². The van der Waals surface area contributed by atoms with Crippen LogP contribution in [0.2, 0.25) is 0 Å². The molecule has 3 amide bonds. The highest BCUT2D eigenvalue weighted by Crippen LogP contribution is 2.43. The quantitative estimate of drug-likeness (QED) is 0.260. The molecule has 9 heteroatoms. The third-order valence-electron chi connectivity index (χ3n) is 7.41. The van der Waals surface area contributed by atoms with Gasteiger partial charge in [-0.15, -0.1) is 0 Å². The number of carbonyl (C=O) groups is 3. The number of carbonyl (C=O) groups excluding carboxylic acids is 3. The molecule has 4 N–H and O–H groups in total. The fraction of sp³-hybridized carbons (Fsp3) is 0.464. The number of fused-ring (bicyclic) bond motifs is 1. The van der Waals surface area contributed by atoms with Crippen molar-refractivity contribution >= 4 is 23.9 Å². The van der Waals surface area contributed by atoms with Gasteiger partial charge in [-0.2, -0.15) is 0 Å². The summed E-state index contributed by atoms with van der Waals surface area (Å²) in [6.45, 7) is 7.43. The van der Waals surface area contributed by atoms with Gasteiger partial charge in [-0.3, -0.25) is 14.4 Å². The lowest BCUT2D eigenvalue weighted by atomic mass is 9.84. The third kappa shape index (κ3) is 6.34. The van der Waals surface area contributed by atoms with Crippen LogP contribution in [0.5, 0.6) is 0 Å². The van der Waals surface area contributed by atoms with Gasteiger partial charge in [0.1, 0.15) is 5.82 Å². The van der Waals surface area contributed by atoms with Crippen LogP contribution in [0.25, 0.3) is 11.1 Å². The Balaban J connectivity index is 1.45. The van der Waals surface area contributed by atoms with Gasteiger partial charge in [-0.1, -0.05) is 31.2 Å². The van der Waals surface area contributed by atoms with Crippen LogP contribution in [0.3, 0.4) is 0 Å². The highest BCUT2D eigenvalue weighted by molar-refractivity contribution is 6.05. The van der Waals surface area contributed by atoms with E-state index in [-0.39, 0.29) is 35.6 Å². The van der Waals surface area contributed by atoms with Crippen molar-refractivity contribution in [3.8, 4) is 11.1 Å². The molecule has 4 unspecified atom stereocenters. The van der Waals surface area contributed by atoms with Gasteiger partial charge in [0.25, 0.3) is 0 Å². The summed E-state index contributed by atoms with van der Waals surface area (Å²) in [5.74, 6) is -1.12. The minimum atomic E-state index is -0.437. The number of hydrogen-bond acceptors (Lipinski definition) is 5. The molecule has 4 atom stereocenters. The van der Waals surface area contributed by atoms with Gasteiger partial charge >= 0.3 is 0 Å². The van der Waals surface area contributed by atoms with Crippen molar-refractivity contribution in [1.82, 2.24) is 20.9 Å². The van der Waals surface area contributed by atoms with Crippen LogP contribution in [-0.4, -0.2) is 67.9 Å². The number of nitrogens with one attached hydrogen (secondary N) is 4. The number of amides is 3. The van der Waals surface area contributed by atoms with Gasteiger partial charge in [0, 0.05) is 44.0 Å². The fourth-order valence-corrected chi connectivity index (χ4v) is 5.58. The molecular formula is C28H36FN5O3. The van der Waals surface area contributed by atoms with E-state index in [1.165, 1.54) is 12.1 Å². The first-order chi connectivity index (χ1) is 17.9. The van der Waals surface area contributed by atoms with Crippen LogP contribution < -0.4 is 21.3 Å². The molecule has 198 valence electrons. The lowest BCUT2D eigenvalue weighted by molar-refractivity contribution is -0.126. The first-order valence-corrected chi connectivity index (χ1v) is 13.0. The topological polar surface area (TPSA) is 103 Å². The second kappa shape index (κ2) is 12.3. The summed E-state index contributed by atoms with van der Waals surface area (Å²) in [6, 6.07) is 12.1. The van der Waals surface area contributed by atoms with Crippen molar-refractivity contribution in [1.29, 1.82) is 0 Å². The molecule has 2 heterocycles. The molecule has 4 rings (SSSR count). The molecule has 1 fully saturated rings. The van der Waals surface area contributed by atoms with E-state index in [1.54, 1.807) is 6.07 Å². The number of halogens is 1. The van der Waals surface area contributed by atoms with Crippen LogP contribution in [0, 0.1) is 11.7 Å². The number of rotatable bonds is 12. The predicted molar refractivity (Wildman–Crippen MR) is 142 cm³/mol. The summed E-state index contributed by atoms with van der Waals surface area (Å²) >= 11 is 0. The summed E-state index contributed by atoms with van der Waals surface area (Å²) in [7, 11) is 0. The molecule has 2 aliphatic heterocycles. The molecule has 0 aliphatic carbocycles. The van der Waals surface area contributed by atoms with Crippen molar-refractivity contribution in [2.24, 2.45) is 5.92 Å². The number of benzene rings is 2. The zero-order chi connectivity index (χ0) is 26.4. The van der Waals surface area contributed by atoms with Crippen LogP contribution in [0.15, 0.2) is 42.5 Å². The molecule has 0 bridgehead atoms. The van der Waals surface area contributed by atoms with E-state index in [0.717, 1.165) is 35.5 Å². The normalized spacial score (nSPS) is 22.5. The average molecular weight is 510 g/mol. The molecule has 1 saturated heterocycles. The second-order valence-corrected chi connectivity index (χ2v) is 9.87. The predicted octanol–water partition coefficient (Wildman–Crippen LogP) is 2.47. The summed E-state index contributed by atoms with van der Waals surface area (Å²) in [5.41, 5.74) is 3.16. The molecule has 0 radical (unpaired) electrons. The molecule has 2 aromatic rings. The number of likely N-dealkylation sites (N-methyl/N-ethyl adjacent to an activating group) is 1. The van der Waals surface area contributed by atoms with Crippen LogP contribution >= 0.6 is 0 Å². The number of hydrogen-bond donors (Lipinski definition) is 4. The molecule has 2 aromatic carbocycles. The molecular weight excluding hydrogens is 473 g/mol. The van der Waals surface area contributed by atoms with E-state index in [4.69, 9.17) is 0 Å². The first kappa shape index (κ1) is 26.8. The van der Waals surface area contributed by atoms with E-state index in [1.807, 2.05) is 31.2 Å². The van der Waals surface area contributed by atoms with Crippen molar-refractivity contribution in [3.63, 3.8) is 0 Å². The van der Waals surface area contributed by atoms with Crippen LogP contribution in [-0.2, 0) is 14.4 Å². The van der Waals surface area contributed by atoms with E-state index >= 15 is 0 Å². The Morgan fingerprint density at radius 3 is 2.73 bits per heavy atom. The number of nitrogens with zero attached hydrogens (tertiary/aromatic N) is 1. The maximum atomic E-state index is 14.0. The van der Waals surface area contributed by atoms with Gasteiger partial charge < -0.3 is 26.2 Å². The smallest absolute Gasteiger partial charge is 0.232 e. The first-order valence-electron chi connectivity index (χ1n) is 13.0. The van der Waals surface area contributed by atoms with Gasteiger partial charge in [-0.05, 0) is 61.2 Å². The summed E-state index contributed by atoms with van der Waals surface area (Å²) in [6.07, 6.45) is 1.87. The van der Waals surface area contributed by atoms with Crippen molar-refractivity contribution in [3.05, 3.63) is 53.8 Å².